The molecule has 2 amide bonds. The summed E-state index contributed by atoms with van der Waals surface area (Å²) in [6.45, 7) is 5.19. The third kappa shape index (κ3) is 3.79. The van der Waals surface area contributed by atoms with Gasteiger partial charge in [0.05, 0.1) is 19.8 Å². The largest absolute Gasteiger partial charge is 0.379 e. The van der Waals surface area contributed by atoms with E-state index in [0.29, 0.717) is 38.4 Å². The van der Waals surface area contributed by atoms with Crippen molar-refractivity contribution in [3.05, 3.63) is 0 Å². The molecule has 0 spiro atoms. The Morgan fingerprint density at radius 1 is 1.25 bits per heavy atom. The Morgan fingerprint density at radius 3 is 2.31 bits per heavy atom. The van der Waals surface area contributed by atoms with E-state index in [-0.39, 0.29) is 17.2 Å². The highest BCUT2D eigenvalue weighted by Gasteiger charge is 2.36. The van der Waals surface area contributed by atoms with Crippen LogP contribution in [0.25, 0.3) is 0 Å². The zero-order chi connectivity index (χ0) is 12.2. The summed E-state index contributed by atoms with van der Waals surface area (Å²) < 4.78 is 5.21. The van der Waals surface area contributed by atoms with Gasteiger partial charge in [-0.3, -0.25) is 14.5 Å². The van der Waals surface area contributed by atoms with Crippen LogP contribution in [0.1, 0.15) is 26.7 Å². The van der Waals surface area contributed by atoms with Gasteiger partial charge in [0.25, 0.3) is 0 Å². The number of rotatable bonds is 5. The Labute approximate surface area is 102 Å². The van der Waals surface area contributed by atoms with E-state index >= 15 is 0 Å². The Bertz CT molecular complexity index is 258. The molecule has 1 rings (SSSR count). The minimum absolute atomic E-state index is 0.0873. The number of amides is 2. The fraction of sp³-hybridized carbons (Fsp3) is 0.818. The molecule has 0 aromatic heterocycles. The highest BCUT2D eigenvalue weighted by molar-refractivity contribution is 7.80. The highest BCUT2D eigenvalue weighted by Crippen LogP contribution is 2.31. The van der Waals surface area contributed by atoms with E-state index in [1.807, 2.05) is 13.8 Å². The van der Waals surface area contributed by atoms with E-state index < -0.39 is 0 Å². The molecule has 0 saturated carbocycles. The van der Waals surface area contributed by atoms with Gasteiger partial charge in [0.1, 0.15) is 0 Å². The van der Waals surface area contributed by atoms with Gasteiger partial charge in [0, 0.05) is 18.6 Å². The molecule has 1 aliphatic heterocycles. The molecule has 1 fully saturated rings. The smallest absolute Gasteiger partial charge is 0.229 e. The molecule has 5 heteroatoms. The molecule has 16 heavy (non-hydrogen) atoms. The van der Waals surface area contributed by atoms with Crippen molar-refractivity contribution >= 4 is 24.4 Å². The molecular weight excluding hydrogens is 226 g/mol. The molecular formula is C11H19NO3S. The zero-order valence-corrected chi connectivity index (χ0v) is 10.8. The number of likely N-dealkylation sites (tertiary alicyclic amines) is 1. The van der Waals surface area contributed by atoms with Crippen LogP contribution < -0.4 is 0 Å². The zero-order valence-electron chi connectivity index (χ0n) is 9.86. The fourth-order valence-corrected chi connectivity index (χ4v) is 1.91. The van der Waals surface area contributed by atoms with Crippen molar-refractivity contribution in [2.45, 2.75) is 26.7 Å². The average Bonchev–Trinajstić information content (AvgIpc) is 2.13. The normalized spacial score (nSPS) is 20.3. The Hall–Kier alpha value is -0.550. The predicted molar refractivity (Wildman–Crippen MR) is 64.4 cm³/mol. The third-order valence-corrected chi connectivity index (χ3v) is 2.74. The maximum atomic E-state index is 11.7. The van der Waals surface area contributed by atoms with E-state index in [1.54, 1.807) is 0 Å². The van der Waals surface area contributed by atoms with E-state index in [2.05, 4.69) is 12.6 Å². The fourth-order valence-electron chi connectivity index (χ4n) is 1.78. The van der Waals surface area contributed by atoms with Crippen LogP contribution in [0, 0.1) is 5.41 Å². The summed E-state index contributed by atoms with van der Waals surface area (Å²) in [7, 11) is 0. The van der Waals surface area contributed by atoms with Gasteiger partial charge in [0.2, 0.25) is 11.8 Å². The minimum atomic E-state index is -0.198. The van der Waals surface area contributed by atoms with Gasteiger partial charge in [-0.2, -0.15) is 12.6 Å². The second kappa shape index (κ2) is 5.68. The van der Waals surface area contributed by atoms with Crippen molar-refractivity contribution in [3.8, 4) is 0 Å². The van der Waals surface area contributed by atoms with Gasteiger partial charge in [-0.05, 0) is 5.41 Å². The standard InChI is InChI=1S/C11H19NO3S/c1-11(2)7-9(13)12(10(14)8-11)3-4-15-5-6-16/h16H,3-8H2,1-2H3. The summed E-state index contributed by atoms with van der Waals surface area (Å²) in [4.78, 5) is 24.7. The lowest BCUT2D eigenvalue weighted by Gasteiger charge is -2.34. The quantitative estimate of drug-likeness (QED) is 0.448. The maximum Gasteiger partial charge on any atom is 0.229 e. The molecule has 0 aromatic carbocycles. The summed E-state index contributed by atoms with van der Waals surface area (Å²) in [5.74, 6) is 0.473. The monoisotopic (exact) mass is 245 g/mol. The molecule has 0 bridgehead atoms. The number of imide groups is 1. The van der Waals surface area contributed by atoms with Crippen LogP contribution in [-0.4, -0.2) is 42.2 Å². The number of hydrogen-bond donors (Lipinski definition) is 1. The van der Waals surface area contributed by atoms with Crippen molar-refractivity contribution in [2.75, 3.05) is 25.5 Å². The van der Waals surface area contributed by atoms with Crippen molar-refractivity contribution in [1.82, 2.24) is 4.90 Å². The average molecular weight is 245 g/mol. The molecule has 4 nitrogen and oxygen atoms in total. The first-order chi connectivity index (χ1) is 7.46. The maximum absolute atomic E-state index is 11.7. The molecule has 0 radical (unpaired) electrons. The van der Waals surface area contributed by atoms with E-state index in [9.17, 15) is 9.59 Å². The number of carbonyl (C=O) groups excluding carboxylic acids is 2. The van der Waals surface area contributed by atoms with Crippen molar-refractivity contribution < 1.29 is 14.3 Å². The summed E-state index contributed by atoms with van der Waals surface area (Å²) in [5.41, 5.74) is -0.198. The lowest BCUT2D eigenvalue weighted by Crippen LogP contribution is -2.47. The molecule has 0 unspecified atom stereocenters. The van der Waals surface area contributed by atoms with Gasteiger partial charge >= 0.3 is 0 Å². The summed E-state index contributed by atoms with van der Waals surface area (Å²) in [6.07, 6.45) is 0.872. The number of nitrogens with zero attached hydrogens (tertiary/aromatic N) is 1. The number of carbonyl (C=O) groups is 2. The van der Waals surface area contributed by atoms with Gasteiger partial charge in [-0.1, -0.05) is 13.8 Å². The summed E-state index contributed by atoms with van der Waals surface area (Å²) >= 11 is 4.01. The van der Waals surface area contributed by atoms with Crippen molar-refractivity contribution in [2.24, 2.45) is 5.41 Å². The van der Waals surface area contributed by atoms with Crippen LogP contribution in [-0.2, 0) is 14.3 Å². The van der Waals surface area contributed by atoms with Crippen LogP contribution in [0.15, 0.2) is 0 Å². The van der Waals surface area contributed by atoms with E-state index in [0.717, 1.165) is 0 Å². The van der Waals surface area contributed by atoms with Gasteiger partial charge < -0.3 is 4.74 Å². The lowest BCUT2D eigenvalue weighted by atomic mass is 9.82. The predicted octanol–water partition coefficient (Wildman–Crippen LogP) is 1.11. The third-order valence-electron chi connectivity index (χ3n) is 2.56. The topological polar surface area (TPSA) is 46.6 Å². The molecule has 1 saturated heterocycles. The number of hydrogen-bond acceptors (Lipinski definition) is 4. The van der Waals surface area contributed by atoms with Gasteiger partial charge in [-0.25, -0.2) is 0 Å². The lowest BCUT2D eigenvalue weighted by molar-refractivity contribution is -0.153. The number of ether oxygens (including phenoxy) is 1. The first-order valence-electron chi connectivity index (χ1n) is 5.48. The number of piperidine rings is 1. The Balaban J connectivity index is 2.42. The van der Waals surface area contributed by atoms with Crippen LogP contribution in [0.3, 0.4) is 0 Å². The SMILES string of the molecule is CC1(C)CC(=O)N(CCOCCS)C(=O)C1. The molecule has 1 heterocycles. The second-order valence-electron chi connectivity index (χ2n) is 4.79. The second-order valence-corrected chi connectivity index (χ2v) is 5.24. The van der Waals surface area contributed by atoms with Crippen LogP contribution >= 0.6 is 12.6 Å². The molecule has 1 aliphatic rings. The van der Waals surface area contributed by atoms with Gasteiger partial charge in [-0.15, -0.1) is 0 Å². The summed E-state index contributed by atoms with van der Waals surface area (Å²) in [6, 6.07) is 0. The van der Waals surface area contributed by atoms with E-state index in [1.165, 1.54) is 4.90 Å². The van der Waals surface area contributed by atoms with Crippen molar-refractivity contribution in [3.63, 3.8) is 0 Å². The highest BCUT2D eigenvalue weighted by atomic mass is 32.1. The minimum Gasteiger partial charge on any atom is -0.379 e. The van der Waals surface area contributed by atoms with Gasteiger partial charge in [0.15, 0.2) is 0 Å². The van der Waals surface area contributed by atoms with Crippen LogP contribution in [0.2, 0.25) is 0 Å². The summed E-state index contributed by atoms with van der Waals surface area (Å²) in [5, 5.41) is 0. The Kier molecular flexibility index (Phi) is 4.80. The molecule has 0 N–H and O–H groups in total. The molecule has 0 aromatic rings. The molecule has 0 atom stereocenters. The van der Waals surface area contributed by atoms with Crippen molar-refractivity contribution in [1.29, 1.82) is 0 Å². The molecule has 92 valence electrons. The first-order valence-corrected chi connectivity index (χ1v) is 6.11. The Morgan fingerprint density at radius 2 is 1.81 bits per heavy atom. The first kappa shape index (κ1) is 13.5. The molecule has 0 aliphatic carbocycles. The van der Waals surface area contributed by atoms with Crippen LogP contribution in [0.5, 0.6) is 0 Å². The number of thiol groups is 1. The van der Waals surface area contributed by atoms with E-state index in [4.69, 9.17) is 4.74 Å². The van der Waals surface area contributed by atoms with Crippen LogP contribution in [0.4, 0.5) is 0 Å².